The van der Waals surface area contributed by atoms with Crippen molar-refractivity contribution >= 4 is 65.9 Å². The number of nitrogens with two attached hydrogens (primary N) is 5. The van der Waals surface area contributed by atoms with Gasteiger partial charge in [0.2, 0.25) is 0 Å². The highest BCUT2D eigenvalue weighted by Gasteiger charge is 2.16. The minimum atomic E-state index is -0.797. The molecule has 0 bridgehead atoms. The van der Waals surface area contributed by atoms with Gasteiger partial charge in [-0.25, -0.2) is 9.97 Å². The van der Waals surface area contributed by atoms with Crippen molar-refractivity contribution in [2.24, 2.45) is 27.2 Å². The van der Waals surface area contributed by atoms with E-state index in [0.717, 1.165) is 24.8 Å². The van der Waals surface area contributed by atoms with E-state index in [4.69, 9.17) is 45.0 Å². The average molecular weight is 566 g/mol. The van der Waals surface area contributed by atoms with E-state index < -0.39 is 12.0 Å². The number of aliphatic hydroxyl groups is 1. The molecule has 1 aromatic heterocycles. The van der Waals surface area contributed by atoms with Crippen molar-refractivity contribution in [3.8, 4) is 5.75 Å². The van der Waals surface area contributed by atoms with E-state index in [-0.39, 0.29) is 72.4 Å². The number of unbranched alkanes of at least 4 members (excludes halogenated alkanes) is 1. The highest BCUT2D eigenvalue weighted by molar-refractivity contribution is 6.31. The van der Waals surface area contributed by atoms with Crippen LogP contribution in [-0.2, 0) is 6.42 Å². The van der Waals surface area contributed by atoms with Gasteiger partial charge in [-0.2, -0.15) is 0 Å². The lowest BCUT2D eigenvalue weighted by molar-refractivity contribution is 0.0972. The highest BCUT2D eigenvalue weighted by atomic mass is 35.5. The van der Waals surface area contributed by atoms with E-state index in [2.05, 4.69) is 25.3 Å². The second-order valence-corrected chi connectivity index (χ2v) is 7.54. The molecule has 2 rings (SSSR count). The van der Waals surface area contributed by atoms with Crippen LogP contribution in [0, 0.1) is 0 Å². The normalized spacial score (nSPS) is 11.4. The van der Waals surface area contributed by atoms with E-state index in [1.165, 1.54) is 0 Å². The maximum atomic E-state index is 12.2. The van der Waals surface area contributed by atoms with Crippen LogP contribution >= 0.6 is 36.4 Å². The molecule has 200 valence electrons. The third kappa shape index (κ3) is 11.4. The van der Waals surface area contributed by atoms with Crippen LogP contribution in [0.25, 0.3) is 0 Å². The molecule has 13 nitrogen and oxygen atoms in total. The van der Waals surface area contributed by atoms with Crippen molar-refractivity contribution in [2.75, 3.05) is 31.2 Å². The van der Waals surface area contributed by atoms with Gasteiger partial charge in [0.1, 0.15) is 18.5 Å². The highest BCUT2D eigenvalue weighted by Crippen LogP contribution is 2.17. The molecule has 12 N–H and O–H groups in total. The number of carbonyl (C=O) groups is 1. The Labute approximate surface area is 225 Å². The van der Waals surface area contributed by atoms with E-state index in [1.54, 1.807) is 0 Å². The van der Waals surface area contributed by atoms with Crippen molar-refractivity contribution in [1.29, 1.82) is 0 Å². The van der Waals surface area contributed by atoms with Crippen LogP contribution < -0.4 is 38.7 Å². The number of nitrogens with zero attached hydrogens (tertiary/aromatic N) is 4. The van der Waals surface area contributed by atoms with Crippen molar-refractivity contribution in [1.82, 2.24) is 15.3 Å². The van der Waals surface area contributed by atoms with E-state index >= 15 is 0 Å². The summed E-state index contributed by atoms with van der Waals surface area (Å²) in [5.74, 6) is -0.427. The Morgan fingerprint density at radius 1 is 1.06 bits per heavy atom. The van der Waals surface area contributed by atoms with Gasteiger partial charge < -0.3 is 38.5 Å². The quantitative estimate of drug-likeness (QED) is 0.111. The number of ether oxygens (including phenoxy) is 1. The number of aryl methyl sites for hydroxylation is 1. The molecule has 1 heterocycles. The molecule has 0 saturated heterocycles. The van der Waals surface area contributed by atoms with Gasteiger partial charge in [-0.05, 0) is 37.0 Å². The van der Waals surface area contributed by atoms with Crippen LogP contribution in [0.5, 0.6) is 5.75 Å². The first-order chi connectivity index (χ1) is 16.2. The Kier molecular flexibility index (Phi) is 14.9. The summed E-state index contributed by atoms with van der Waals surface area (Å²) < 4.78 is 5.51. The van der Waals surface area contributed by atoms with Gasteiger partial charge in [-0.15, -0.1) is 24.8 Å². The molecule has 0 aliphatic carbocycles. The fourth-order valence-corrected chi connectivity index (χ4v) is 2.80. The van der Waals surface area contributed by atoms with E-state index in [1.807, 2.05) is 24.3 Å². The zero-order valence-electron chi connectivity index (χ0n) is 19.3. The monoisotopic (exact) mass is 564 g/mol. The first-order valence-electron chi connectivity index (χ1n) is 10.3. The molecule has 1 unspecified atom stereocenters. The van der Waals surface area contributed by atoms with Crippen molar-refractivity contribution < 1.29 is 14.6 Å². The summed E-state index contributed by atoms with van der Waals surface area (Å²) in [4.78, 5) is 27.6. The predicted octanol–water partition coefficient (Wildman–Crippen LogP) is 0.219. The number of amides is 1. The number of aliphatic imine (C=N–C) groups is 2. The Balaban J connectivity index is 0.00000612. The number of hydrogen-bond acceptors (Lipinski definition) is 9. The summed E-state index contributed by atoms with van der Waals surface area (Å²) in [6.45, 7) is 0.580. The summed E-state index contributed by atoms with van der Waals surface area (Å²) in [7, 11) is 0. The van der Waals surface area contributed by atoms with Gasteiger partial charge in [0.15, 0.2) is 34.4 Å². The second kappa shape index (κ2) is 16.4. The topological polar surface area (TPSA) is 239 Å². The molecule has 0 spiro atoms. The maximum Gasteiger partial charge on any atom is 0.280 e. The summed E-state index contributed by atoms with van der Waals surface area (Å²) in [5.41, 5.74) is 28.2. The van der Waals surface area contributed by atoms with Gasteiger partial charge in [-0.1, -0.05) is 23.7 Å². The largest absolute Gasteiger partial charge is 0.491 e. The van der Waals surface area contributed by atoms with Crippen molar-refractivity contribution in [2.45, 2.75) is 25.4 Å². The zero-order chi connectivity index (χ0) is 25.1. The second-order valence-electron chi connectivity index (χ2n) is 7.19. The molecule has 16 heteroatoms. The Morgan fingerprint density at radius 2 is 1.72 bits per heavy atom. The fraction of sp³-hybridized carbons (Fsp3) is 0.350. The smallest absolute Gasteiger partial charge is 0.280 e. The lowest BCUT2D eigenvalue weighted by atomic mass is 10.1. The number of aromatic nitrogens is 2. The molecule has 36 heavy (non-hydrogen) atoms. The lowest BCUT2D eigenvalue weighted by Gasteiger charge is -2.11. The summed E-state index contributed by atoms with van der Waals surface area (Å²) >= 11 is 5.77. The van der Waals surface area contributed by atoms with Crippen LogP contribution in [0.15, 0.2) is 34.3 Å². The number of aliphatic hydroxyl groups excluding tert-OH is 1. The lowest BCUT2D eigenvalue weighted by Crippen LogP contribution is -2.38. The zero-order valence-corrected chi connectivity index (χ0v) is 21.7. The third-order valence-electron chi connectivity index (χ3n) is 4.37. The summed E-state index contributed by atoms with van der Waals surface area (Å²) in [5, 5.41) is 12.0. The molecule has 2 aromatic rings. The number of halogens is 3. The number of rotatable bonds is 11. The molecular formula is C20H31Cl3N10O3. The van der Waals surface area contributed by atoms with Gasteiger partial charge >= 0.3 is 0 Å². The van der Waals surface area contributed by atoms with Gasteiger partial charge in [0.05, 0.1) is 6.54 Å². The van der Waals surface area contributed by atoms with E-state index in [9.17, 15) is 9.90 Å². The molecule has 0 radical (unpaired) electrons. The number of carbonyl (C=O) groups excluding carboxylic acids is 1. The number of nitrogen functional groups attached to an aromatic ring is 2. The predicted molar refractivity (Wildman–Crippen MR) is 146 cm³/mol. The van der Waals surface area contributed by atoms with E-state index in [0.29, 0.717) is 12.3 Å². The van der Waals surface area contributed by atoms with Crippen molar-refractivity contribution in [3.05, 3.63) is 40.7 Å². The first kappa shape index (κ1) is 32.7. The molecule has 0 aliphatic rings. The molecule has 0 aliphatic heterocycles. The molecular weight excluding hydrogens is 535 g/mol. The average Bonchev–Trinajstić information content (AvgIpc) is 2.79. The first-order valence-corrected chi connectivity index (χ1v) is 10.7. The van der Waals surface area contributed by atoms with Crippen LogP contribution in [0.1, 0.15) is 28.9 Å². The Bertz CT molecular complexity index is 1030. The van der Waals surface area contributed by atoms with Crippen LogP contribution in [0.4, 0.5) is 11.6 Å². The summed E-state index contributed by atoms with van der Waals surface area (Å²) in [6.07, 6.45) is 1.63. The number of hydrogen-bond donors (Lipinski definition) is 7. The maximum absolute atomic E-state index is 12.2. The molecule has 1 atom stereocenters. The number of guanidine groups is 2. The number of benzene rings is 1. The SMILES string of the molecule is Cl.Cl.NC(N)=NCC(O)COc1ccc(CCCCN=C(N)NC(=O)c2nc(Cl)c(N)nc2N)cc1. The molecule has 0 saturated carbocycles. The van der Waals surface area contributed by atoms with Gasteiger partial charge in [0, 0.05) is 6.54 Å². The molecule has 1 aromatic carbocycles. The van der Waals surface area contributed by atoms with Crippen LogP contribution in [0.3, 0.4) is 0 Å². The van der Waals surface area contributed by atoms with Gasteiger partial charge in [-0.3, -0.25) is 20.1 Å². The van der Waals surface area contributed by atoms with Crippen LogP contribution in [0.2, 0.25) is 5.15 Å². The Hall–Kier alpha value is -3.26. The number of nitrogens with one attached hydrogen (secondary N) is 1. The molecule has 1 amide bonds. The van der Waals surface area contributed by atoms with Crippen LogP contribution in [-0.4, -0.2) is 58.7 Å². The fourth-order valence-electron chi connectivity index (χ4n) is 2.67. The third-order valence-corrected chi connectivity index (χ3v) is 4.65. The molecule has 0 fully saturated rings. The van der Waals surface area contributed by atoms with Crippen molar-refractivity contribution in [3.63, 3.8) is 0 Å². The standard InChI is InChI=1S/C20H29ClN10O3.2ClH/c21-15-17(23)30-16(22)14(29-15)18(33)31-20(26)27-8-2-1-3-11-4-6-13(7-5-11)34-10-12(32)9-28-19(24)25;;/h4-7,12,32H,1-3,8-10H2,(H4,22,23,30)(H4,24,25,28)(H3,26,27,31,33);2*1H. The van der Waals surface area contributed by atoms with Gasteiger partial charge in [0.25, 0.3) is 5.91 Å². The summed E-state index contributed by atoms with van der Waals surface area (Å²) in [6, 6.07) is 7.54. The Morgan fingerprint density at radius 3 is 2.36 bits per heavy atom. The minimum absolute atomic E-state index is 0. The number of anilines is 2. The minimum Gasteiger partial charge on any atom is -0.491 e.